The van der Waals surface area contributed by atoms with E-state index >= 15 is 0 Å². The maximum absolute atomic E-state index is 12.1. The van der Waals surface area contributed by atoms with Crippen LogP contribution in [0.1, 0.15) is 21.7 Å². The normalized spacial score (nSPS) is 11.3. The van der Waals surface area contributed by atoms with Crippen molar-refractivity contribution in [2.45, 2.75) is 18.9 Å². The summed E-state index contributed by atoms with van der Waals surface area (Å²) in [6.07, 6.45) is 1.01. The van der Waals surface area contributed by atoms with Crippen LogP contribution in [0.5, 0.6) is 0 Å². The number of hydrogen-bond donors (Lipinski definition) is 2. The Morgan fingerprint density at radius 2 is 1.80 bits per heavy atom. The number of carbonyl (C=O) groups is 1. The first-order chi connectivity index (χ1) is 9.31. The van der Waals surface area contributed by atoms with Crippen molar-refractivity contribution in [3.05, 3.63) is 47.4 Å². The first kappa shape index (κ1) is 14.1. The molecule has 0 fully saturated rings. The summed E-state index contributed by atoms with van der Waals surface area (Å²) >= 11 is 0. The Balaban J connectivity index is 2.33. The minimum Gasteiger partial charge on any atom is -0.478 e. The molecule has 0 spiro atoms. The smallest absolute Gasteiger partial charge is 0.337 e. The van der Waals surface area contributed by atoms with Crippen LogP contribution in [0.3, 0.4) is 0 Å². The van der Waals surface area contributed by atoms with Gasteiger partial charge in [-0.15, -0.1) is 0 Å². The average Bonchev–Trinajstić information content (AvgIpc) is 2.70. The molecule has 2 aromatic rings. The second-order valence-electron chi connectivity index (χ2n) is 4.24. The van der Waals surface area contributed by atoms with Gasteiger partial charge in [0.25, 0.3) is 10.0 Å². The highest BCUT2D eigenvalue weighted by molar-refractivity contribution is 7.92. The van der Waals surface area contributed by atoms with Gasteiger partial charge in [0.05, 0.1) is 5.56 Å². The van der Waals surface area contributed by atoms with Gasteiger partial charge in [-0.2, -0.15) is 8.42 Å². The lowest BCUT2D eigenvalue weighted by Crippen LogP contribution is -2.25. The molecule has 0 saturated heterocycles. The van der Waals surface area contributed by atoms with E-state index in [9.17, 15) is 13.2 Å². The van der Waals surface area contributed by atoms with Crippen molar-refractivity contribution in [3.8, 4) is 0 Å². The fourth-order valence-corrected chi connectivity index (χ4v) is 2.71. The topological polar surface area (TPSA) is 101 Å². The lowest BCUT2D eigenvalue weighted by atomic mass is 10.3. The summed E-state index contributed by atoms with van der Waals surface area (Å²) in [5, 5.41) is 8.51. The van der Waals surface area contributed by atoms with Gasteiger partial charge < -0.3 is 5.11 Å². The van der Waals surface area contributed by atoms with Crippen LogP contribution < -0.4 is 4.83 Å². The van der Waals surface area contributed by atoms with Crippen LogP contribution in [-0.2, 0) is 10.0 Å². The number of pyridine rings is 1. The van der Waals surface area contributed by atoms with Crippen molar-refractivity contribution in [2.75, 3.05) is 4.83 Å². The van der Waals surface area contributed by atoms with Gasteiger partial charge in [-0.3, -0.25) is 4.68 Å². The molecule has 0 atom stereocenters. The number of carboxylic acid groups (broad SMARTS) is 1. The van der Waals surface area contributed by atoms with Crippen LogP contribution in [0.2, 0.25) is 0 Å². The van der Waals surface area contributed by atoms with Crippen molar-refractivity contribution in [1.82, 2.24) is 9.66 Å². The Morgan fingerprint density at radius 3 is 2.25 bits per heavy atom. The number of sulfonamides is 1. The SMILES string of the molecule is Cc1ccc(C)n1NS(=O)(=O)c1ccc(C(=O)O)cn1. The molecule has 0 bridgehead atoms. The highest BCUT2D eigenvalue weighted by Gasteiger charge is 2.18. The standard InChI is InChI=1S/C12H13N3O4S/c1-8-3-4-9(2)15(8)14-20(18,19)11-6-5-10(7-13-11)12(16)17/h3-7,14H,1-2H3,(H,16,17). The predicted molar refractivity (Wildman–Crippen MR) is 71.6 cm³/mol. The van der Waals surface area contributed by atoms with Crippen molar-refractivity contribution in [3.63, 3.8) is 0 Å². The number of aromatic carboxylic acids is 1. The molecule has 2 heterocycles. The summed E-state index contributed by atoms with van der Waals surface area (Å²) in [6.45, 7) is 3.52. The van der Waals surface area contributed by atoms with Crippen molar-refractivity contribution < 1.29 is 18.3 Å². The number of carboxylic acids is 1. The Labute approximate surface area is 115 Å². The van der Waals surface area contributed by atoms with E-state index in [-0.39, 0.29) is 10.6 Å². The van der Waals surface area contributed by atoms with Gasteiger partial charge in [0.1, 0.15) is 0 Å². The van der Waals surface area contributed by atoms with Crippen LogP contribution in [0.15, 0.2) is 35.5 Å². The molecule has 20 heavy (non-hydrogen) atoms. The zero-order valence-electron chi connectivity index (χ0n) is 10.9. The van der Waals surface area contributed by atoms with E-state index in [1.165, 1.54) is 10.7 Å². The number of hydrogen-bond acceptors (Lipinski definition) is 4. The molecule has 0 unspecified atom stereocenters. The fraction of sp³-hybridized carbons (Fsp3) is 0.167. The Hall–Kier alpha value is -2.35. The van der Waals surface area contributed by atoms with Gasteiger partial charge >= 0.3 is 5.97 Å². The van der Waals surface area contributed by atoms with Crippen LogP contribution >= 0.6 is 0 Å². The largest absolute Gasteiger partial charge is 0.478 e. The van der Waals surface area contributed by atoms with Crippen LogP contribution in [-0.4, -0.2) is 29.2 Å². The van der Waals surface area contributed by atoms with Crippen molar-refractivity contribution in [2.24, 2.45) is 0 Å². The van der Waals surface area contributed by atoms with Crippen LogP contribution in [0.4, 0.5) is 0 Å². The quantitative estimate of drug-likeness (QED) is 0.880. The molecule has 0 radical (unpaired) electrons. The minimum absolute atomic E-state index is 0.0720. The molecule has 0 aliphatic carbocycles. The summed E-state index contributed by atoms with van der Waals surface area (Å²) in [4.78, 5) is 16.7. The summed E-state index contributed by atoms with van der Waals surface area (Å²) in [5.41, 5.74) is 1.39. The van der Waals surface area contributed by atoms with Gasteiger partial charge in [0, 0.05) is 17.6 Å². The molecular weight excluding hydrogens is 282 g/mol. The zero-order chi connectivity index (χ0) is 14.9. The van der Waals surface area contributed by atoms with Crippen molar-refractivity contribution >= 4 is 16.0 Å². The molecule has 2 N–H and O–H groups in total. The third-order valence-corrected chi connectivity index (χ3v) is 3.96. The van der Waals surface area contributed by atoms with Gasteiger partial charge in [0.2, 0.25) is 0 Å². The Bertz CT molecular complexity index is 728. The van der Waals surface area contributed by atoms with Crippen LogP contribution in [0, 0.1) is 13.8 Å². The molecule has 2 rings (SSSR count). The van der Waals surface area contributed by atoms with E-state index in [1.807, 2.05) is 0 Å². The Morgan fingerprint density at radius 1 is 1.20 bits per heavy atom. The van der Waals surface area contributed by atoms with E-state index in [4.69, 9.17) is 5.11 Å². The fourth-order valence-electron chi connectivity index (χ4n) is 1.65. The zero-order valence-corrected chi connectivity index (χ0v) is 11.7. The molecule has 106 valence electrons. The van der Waals surface area contributed by atoms with Crippen molar-refractivity contribution in [1.29, 1.82) is 0 Å². The molecule has 0 saturated carbocycles. The summed E-state index contributed by atoms with van der Waals surface area (Å²) < 4.78 is 25.7. The summed E-state index contributed by atoms with van der Waals surface area (Å²) in [5.74, 6) is -1.16. The highest BCUT2D eigenvalue weighted by atomic mass is 32.2. The maximum Gasteiger partial charge on any atom is 0.337 e. The molecular formula is C12H13N3O4S. The Kier molecular flexibility index (Phi) is 3.49. The van der Waals surface area contributed by atoms with Gasteiger partial charge in [-0.1, -0.05) is 0 Å². The van der Waals surface area contributed by atoms with E-state index < -0.39 is 16.0 Å². The van der Waals surface area contributed by atoms with E-state index in [0.29, 0.717) is 0 Å². The summed E-state index contributed by atoms with van der Waals surface area (Å²) in [6, 6.07) is 5.90. The number of nitrogens with one attached hydrogen (secondary N) is 1. The van der Waals surface area contributed by atoms with Gasteiger partial charge in [0.15, 0.2) is 5.03 Å². The maximum atomic E-state index is 12.1. The molecule has 0 amide bonds. The number of aromatic nitrogens is 2. The third kappa shape index (κ3) is 2.64. The first-order valence-corrected chi connectivity index (χ1v) is 7.17. The molecule has 0 aromatic carbocycles. The van der Waals surface area contributed by atoms with Gasteiger partial charge in [-0.05, 0) is 38.1 Å². The average molecular weight is 295 g/mol. The van der Waals surface area contributed by atoms with Gasteiger partial charge in [-0.25, -0.2) is 14.6 Å². The lowest BCUT2D eigenvalue weighted by molar-refractivity contribution is 0.0696. The second-order valence-corrected chi connectivity index (χ2v) is 5.84. The molecule has 0 aliphatic heterocycles. The molecule has 7 nitrogen and oxygen atoms in total. The molecule has 2 aromatic heterocycles. The highest BCUT2D eigenvalue weighted by Crippen LogP contribution is 2.11. The van der Waals surface area contributed by atoms with E-state index in [0.717, 1.165) is 23.7 Å². The lowest BCUT2D eigenvalue weighted by Gasteiger charge is -2.12. The number of aryl methyl sites for hydroxylation is 2. The van der Waals surface area contributed by atoms with E-state index in [2.05, 4.69) is 9.82 Å². The third-order valence-electron chi connectivity index (χ3n) is 2.74. The number of rotatable bonds is 4. The molecule has 0 aliphatic rings. The number of nitrogens with zero attached hydrogens (tertiary/aromatic N) is 2. The second kappa shape index (κ2) is 4.97. The van der Waals surface area contributed by atoms with E-state index in [1.54, 1.807) is 26.0 Å². The first-order valence-electron chi connectivity index (χ1n) is 5.68. The predicted octanol–water partition coefficient (Wildman–Crippen LogP) is 1.13. The molecule has 8 heteroatoms. The van der Waals surface area contributed by atoms with Crippen LogP contribution in [0.25, 0.3) is 0 Å². The monoisotopic (exact) mass is 295 g/mol. The summed E-state index contributed by atoms with van der Waals surface area (Å²) in [7, 11) is -3.86. The minimum atomic E-state index is -3.86.